The van der Waals surface area contributed by atoms with E-state index in [1.807, 2.05) is 6.07 Å². The minimum Gasteiger partial charge on any atom is -0.480 e. The van der Waals surface area contributed by atoms with E-state index >= 15 is 0 Å². The van der Waals surface area contributed by atoms with E-state index in [1.165, 1.54) is 48.9 Å². The maximum atomic E-state index is 13.3. The van der Waals surface area contributed by atoms with Crippen molar-refractivity contribution in [3.63, 3.8) is 0 Å². The molecule has 0 saturated carbocycles. The number of nitrogens with one attached hydrogen (secondary N) is 2. The second-order valence-corrected chi connectivity index (χ2v) is 11.6. The fourth-order valence-corrected chi connectivity index (χ4v) is 6.19. The summed E-state index contributed by atoms with van der Waals surface area (Å²) in [6.07, 6.45) is 6.41. The van der Waals surface area contributed by atoms with Crippen LogP contribution in [0.4, 0.5) is 5.69 Å². The van der Waals surface area contributed by atoms with Gasteiger partial charge in [0.25, 0.3) is 10.0 Å². The highest BCUT2D eigenvalue weighted by Crippen LogP contribution is 2.34. The topological polar surface area (TPSA) is 158 Å². The summed E-state index contributed by atoms with van der Waals surface area (Å²) in [7, 11) is -2.75. The number of ketones is 1. The third-order valence-corrected chi connectivity index (χ3v) is 8.58. The highest BCUT2D eigenvalue weighted by Gasteiger charge is 2.22. The number of ether oxygens (including phenoxy) is 1. The van der Waals surface area contributed by atoms with Gasteiger partial charge in [0.15, 0.2) is 5.78 Å². The summed E-state index contributed by atoms with van der Waals surface area (Å²) >= 11 is 1.30. The molecular weight excluding hydrogens is 554 g/mol. The van der Waals surface area contributed by atoms with Crippen LogP contribution in [0.5, 0.6) is 5.88 Å². The molecule has 8 bridgehead atoms. The second kappa shape index (κ2) is 10.1. The number of anilines is 1. The summed E-state index contributed by atoms with van der Waals surface area (Å²) in [5.74, 6) is -0.606. The Morgan fingerprint density at radius 1 is 0.975 bits per heavy atom. The summed E-state index contributed by atoms with van der Waals surface area (Å²) in [5.41, 5.74) is 3.03. The van der Waals surface area contributed by atoms with Crippen LogP contribution in [0, 0.1) is 0 Å². The number of amides is 1. The first kappa shape index (κ1) is 25.6. The van der Waals surface area contributed by atoms with Crippen LogP contribution in [0.2, 0.25) is 0 Å². The quantitative estimate of drug-likeness (QED) is 0.306. The number of carbonyl (C=O) groups is 2. The molecule has 4 aromatic heterocycles. The lowest BCUT2D eigenvalue weighted by Crippen LogP contribution is -2.23. The molecule has 0 spiro atoms. The Kier molecular flexibility index (Phi) is 6.48. The van der Waals surface area contributed by atoms with Crippen molar-refractivity contribution in [3.05, 3.63) is 72.3 Å². The van der Waals surface area contributed by atoms with Gasteiger partial charge < -0.3 is 10.1 Å². The van der Waals surface area contributed by atoms with Crippen molar-refractivity contribution < 1.29 is 22.7 Å². The number of fused-ring (bicyclic) bond motifs is 9. The number of nitrogens with zero attached hydrogens (tertiary/aromatic N) is 5. The molecule has 0 saturated heterocycles. The van der Waals surface area contributed by atoms with E-state index in [9.17, 15) is 18.0 Å². The molecule has 202 valence electrons. The Morgan fingerprint density at radius 2 is 1.85 bits per heavy atom. The molecule has 1 aromatic carbocycles. The van der Waals surface area contributed by atoms with E-state index in [0.29, 0.717) is 21.2 Å². The van der Waals surface area contributed by atoms with Crippen LogP contribution in [0.15, 0.2) is 66.1 Å². The van der Waals surface area contributed by atoms with E-state index in [1.54, 1.807) is 29.2 Å². The zero-order chi connectivity index (χ0) is 27.9. The first-order valence-corrected chi connectivity index (χ1v) is 14.4. The van der Waals surface area contributed by atoms with Gasteiger partial charge in [0.2, 0.25) is 16.7 Å². The van der Waals surface area contributed by atoms with E-state index in [0.717, 1.165) is 11.1 Å². The van der Waals surface area contributed by atoms with Crippen LogP contribution in [-0.4, -0.2) is 51.8 Å². The third-order valence-electron chi connectivity index (χ3n) is 6.25. The van der Waals surface area contributed by atoms with Gasteiger partial charge in [-0.1, -0.05) is 23.5 Å². The number of imidazole rings is 1. The molecule has 0 unspecified atom stereocenters. The Bertz CT molecular complexity index is 1900. The maximum Gasteiger partial charge on any atom is 0.262 e. The lowest BCUT2D eigenvalue weighted by Gasteiger charge is -2.12. The summed E-state index contributed by atoms with van der Waals surface area (Å²) in [5, 5.41) is 8.05. The fraction of sp³-hybridized carbons (Fsp3) is 0.154. The number of hydrogen-bond acceptors (Lipinski definition) is 10. The van der Waals surface area contributed by atoms with Gasteiger partial charge in [-0.2, -0.15) is 5.10 Å². The molecule has 0 radical (unpaired) electrons. The number of Topliss-reactive ketones (excluding diaryl/α,β-unsaturated/α-hetero) is 1. The molecule has 0 atom stereocenters. The number of benzene rings is 1. The summed E-state index contributed by atoms with van der Waals surface area (Å²) < 4.78 is 36.1. The van der Waals surface area contributed by atoms with Crippen molar-refractivity contribution in [2.75, 3.05) is 11.8 Å². The molecular formula is C26H21N7O5S2. The van der Waals surface area contributed by atoms with Gasteiger partial charge >= 0.3 is 0 Å². The van der Waals surface area contributed by atoms with Crippen LogP contribution in [-0.2, 0) is 21.4 Å². The molecule has 5 aromatic rings. The van der Waals surface area contributed by atoms with Crippen LogP contribution in [0.1, 0.15) is 28.8 Å². The van der Waals surface area contributed by atoms with Crippen molar-refractivity contribution in [2.45, 2.75) is 24.3 Å². The normalized spacial score (nSPS) is 15.2. The molecule has 1 aliphatic heterocycles. The van der Waals surface area contributed by atoms with Gasteiger partial charge in [-0.3, -0.25) is 19.3 Å². The first-order valence-electron chi connectivity index (χ1n) is 12.1. The van der Waals surface area contributed by atoms with E-state index < -0.39 is 10.0 Å². The minimum atomic E-state index is -4.13. The van der Waals surface area contributed by atoms with Gasteiger partial charge in [-0.15, -0.1) is 0 Å². The first-order chi connectivity index (χ1) is 19.3. The molecule has 40 heavy (non-hydrogen) atoms. The number of sulfonamides is 1. The SMILES string of the molecule is COc1ncc2cc1NS(=O)(=O)c1cccc(c1)C(=O)CCC(=O)NCc1cncc(c1)-c1cnc3sc-2nn13. The van der Waals surface area contributed by atoms with Crippen LogP contribution in [0.3, 0.4) is 0 Å². The molecule has 6 rings (SSSR count). The predicted molar refractivity (Wildman–Crippen MR) is 147 cm³/mol. The highest BCUT2D eigenvalue weighted by molar-refractivity contribution is 7.92. The average Bonchev–Trinajstić information content (AvgIpc) is 3.56. The van der Waals surface area contributed by atoms with E-state index in [4.69, 9.17) is 9.84 Å². The van der Waals surface area contributed by atoms with Gasteiger partial charge in [-0.05, 0) is 29.8 Å². The fourth-order valence-electron chi connectivity index (χ4n) is 4.24. The maximum absolute atomic E-state index is 13.3. The van der Waals surface area contributed by atoms with Gasteiger partial charge in [0.1, 0.15) is 10.7 Å². The largest absolute Gasteiger partial charge is 0.480 e. The number of hydrogen-bond donors (Lipinski definition) is 2. The summed E-state index contributed by atoms with van der Waals surface area (Å²) in [6.45, 7) is 0.220. The molecule has 12 nitrogen and oxygen atoms in total. The molecule has 14 heteroatoms. The van der Waals surface area contributed by atoms with Crippen molar-refractivity contribution in [2.24, 2.45) is 0 Å². The zero-order valence-corrected chi connectivity index (χ0v) is 22.6. The lowest BCUT2D eigenvalue weighted by atomic mass is 10.1. The van der Waals surface area contributed by atoms with Crippen molar-refractivity contribution in [1.82, 2.24) is 29.9 Å². The van der Waals surface area contributed by atoms with Crippen LogP contribution in [0.25, 0.3) is 26.8 Å². The summed E-state index contributed by atoms with van der Waals surface area (Å²) in [4.78, 5) is 38.8. The van der Waals surface area contributed by atoms with Crippen LogP contribution >= 0.6 is 11.3 Å². The molecule has 0 aliphatic carbocycles. The Balaban J connectivity index is 1.47. The van der Waals surface area contributed by atoms with Crippen molar-refractivity contribution in [3.8, 4) is 27.7 Å². The molecule has 0 fully saturated rings. The number of pyridine rings is 2. The third kappa shape index (κ3) is 4.89. The van der Waals surface area contributed by atoms with Gasteiger partial charge in [0.05, 0.1) is 23.9 Å². The lowest BCUT2D eigenvalue weighted by molar-refractivity contribution is -0.121. The number of methoxy groups -OCH3 is 1. The van der Waals surface area contributed by atoms with Crippen molar-refractivity contribution in [1.29, 1.82) is 0 Å². The number of carbonyl (C=O) groups excluding carboxylic acids is 2. The Morgan fingerprint density at radius 3 is 2.70 bits per heavy atom. The molecule has 1 aliphatic rings. The predicted octanol–water partition coefficient (Wildman–Crippen LogP) is 3.32. The minimum absolute atomic E-state index is 0.0539. The second-order valence-electron chi connectivity index (χ2n) is 8.94. The van der Waals surface area contributed by atoms with Gasteiger partial charge in [-0.25, -0.2) is 22.9 Å². The smallest absolute Gasteiger partial charge is 0.262 e. The molecule has 5 heterocycles. The Hall–Kier alpha value is -4.69. The zero-order valence-electron chi connectivity index (χ0n) is 21.0. The number of aromatic nitrogens is 5. The monoisotopic (exact) mass is 575 g/mol. The van der Waals surface area contributed by atoms with E-state index in [-0.39, 0.29) is 53.1 Å². The molecule has 1 amide bonds. The molecule has 2 N–H and O–H groups in total. The number of rotatable bonds is 1. The van der Waals surface area contributed by atoms with E-state index in [2.05, 4.69) is 25.0 Å². The van der Waals surface area contributed by atoms with Crippen LogP contribution < -0.4 is 14.8 Å². The van der Waals surface area contributed by atoms with Crippen molar-refractivity contribution >= 4 is 43.7 Å². The Labute approximate surface area is 232 Å². The highest BCUT2D eigenvalue weighted by atomic mass is 32.2. The summed E-state index contributed by atoms with van der Waals surface area (Å²) in [6, 6.07) is 9.12. The standard InChI is InChI=1S/C26H21N7O5S2/c1-38-24-20-9-18(13-29-24)25-31-33-21(14-30-26(33)39-25)17-7-15(10-27-12-17)11-28-23(35)6-5-22(34)16-3-2-4-19(8-16)40(36,37)32-20/h2-4,7-10,12-14,32H,5-6,11H2,1H3,(H,28,35). The average molecular weight is 576 g/mol. The van der Waals surface area contributed by atoms with Gasteiger partial charge in [0, 0.05) is 54.7 Å².